The van der Waals surface area contributed by atoms with Gasteiger partial charge in [0.25, 0.3) is 0 Å². The number of hydrogen-bond donors (Lipinski definition) is 0. The molecule has 0 fully saturated rings. The molecule has 20 heavy (non-hydrogen) atoms. The van der Waals surface area contributed by atoms with Gasteiger partial charge < -0.3 is 9.30 Å². The number of benzene rings is 2. The van der Waals surface area contributed by atoms with Gasteiger partial charge in [0.15, 0.2) is 0 Å². The number of hydrogen-bond acceptors (Lipinski definition) is 3. The van der Waals surface area contributed by atoms with E-state index in [0.717, 1.165) is 22.4 Å². The van der Waals surface area contributed by atoms with Gasteiger partial charge in [0.1, 0.15) is 5.82 Å². The fourth-order valence-corrected chi connectivity index (χ4v) is 2.29. The number of fused-ring (bicyclic) bond motifs is 1. The van der Waals surface area contributed by atoms with E-state index in [-0.39, 0.29) is 5.97 Å². The Hall–Kier alpha value is -2.62. The number of rotatable bonds is 2. The summed E-state index contributed by atoms with van der Waals surface area (Å²) in [5.74, 6) is 0.529. The average Bonchev–Trinajstić information content (AvgIpc) is 2.84. The quantitative estimate of drug-likeness (QED) is 0.670. The highest BCUT2D eigenvalue weighted by Crippen LogP contribution is 2.24. The average molecular weight is 266 g/mol. The maximum Gasteiger partial charge on any atom is 0.337 e. The molecule has 0 saturated carbocycles. The van der Waals surface area contributed by atoms with E-state index < -0.39 is 0 Å². The summed E-state index contributed by atoms with van der Waals surface area (Å²) in [4.78, 5) is 16.2. The Balaban J connectivity index is 2.17. The predicted molar refractivity (Wildman–Crippen MR) is 77.5 cm³/mol. The van der Waals surface area contributed by atoms with E-state index in [4.69, 9.17) is 4.74 Å². The monoisotopic (exact) mass is 266 g/mol. The van der Waals surface area contributed by atoms with Crippen LogP contribution in [-0.4, -0.2) is 22.6 Å². The van der Waals surface area contributed by atoms with Crippen molar-refractivity contribution in [2.45, 2.75) is 0 Å². The van der Waals surface area contributed by atoms with Crippen LogP contribution >= 0.6 is 0 Å². The molecule has 0 bridgehead atoms. The fraction of sp³-hybridized carbons (Fsp3) is 0.125. The first-order valence-electron chi connectivity index (χ1n) is 6.31. The van der Waals surface area contributed by atoms with E-state index in [2.05, 4.69) is 4.98 Å². The molecule has 0 unspecified atom stereocenters. The number of carbonyl (C=O) groups is 1. The maximum absolute atomic E-state index is 11.6. The number of methoxy groups -OCH3 is 1. The second-order valence-electron chi connectivity index (χ2n) is 4.56. The molecule has 0 atom stereocenters. The zero-order valence-corrected chi connectivity index (χ0v) is 11.3. The second-order valence-corrected chi connectivity index (χ2v) is 4.56. The normalized spacial score (nSPS) is 10.7. The number of esters is 1. The van der Waals surface area contributed by atoms with Gasteiger partial charge in [-0.2, -0.15) is 0 Å². The summed E-state index contributed by atoms with van der Waals surface area (Å²) in [6.45, 7) is 0. The molecule has 0 aliphatic carbocycles. The number of nitrogens with zero attached hydrogens (tertiary/aromatic N) is 2. The number of carbonyl (C=O) groups excluding carboxylic acids is 1. The molecular formula is C16H14N2O2. The van der Waals surface area contributed by atoms with Crippen molar-refractivity contribution in [1.82, 2.24) is 9.55 Å². The van der Waals surface area contributed by atoms with Crippen molar-refractivity contribution >= 4 is 17.0 Å². The Kier molecular flexibility index (Phi) is 2.99. The summed E-state index contributed by atoms with van der Waals surface area (Å²) in [5.41, 5.74) is 3.33. The van der Waals surface area contributed by atoms with E-state index in [9.17, 15) is 4.79 Å². The minimum atomic E-state index is -0.348. The van der Waals surface area contributed by atoms with Crippen LogP contribution in [0.3, 0.4) is 0 Å². The van der Waals surface area contributed by atoms with Crippen LogP contribution in [-0.2, 0) is 11.8 Å². The van der Waals surface area contributed by atoms with Crippen molar-refractivity contribution in [3.63, 3.8) is 0 Å². The Labute approximate surface area is 116 Å². The summed E-state index contributed by atoms with van der Waals surface area (Å²) in [6.07, 6.45) is 0. The summed E-state index contributed by atoms with van der Waals surface area (Å²) < 4.78 is 6.75. The lowest BCUT2D eigenvalue weighted by Crippen LogP contribution is -2.00. The lowest BCUT2D eigenvalue weighted by Gasteiger charge is -2.02. The molecule has 2 aromatic carbocycles. The van der Waals surface area contributed by atoms with Crippen LogP contribution in [0.25, 0.3) is 22.4 Å². The van der Waals surface area contributed by atoms with Crippen molar-refractivity contribution in [2.75, 3.05) is 7.11 Å². The number of ether oxygens (including phenoxy) is 1. The Bertz CT molecular complexity index is 776. The molecule has 4 heteroatoms. The Morgan fingerprint density at radius 1 is 1.15 bits per heavy atom. The highest BCUT2D eigenvalue weighted by Gasteiger charge is 2.12. The minimum Gasteiger partial charge on any atom is -0.465 e. The van der Waals surface area contributed by atoms with E-state index >= 15 is 0 Å². The molecule has 4 nitrogen and oxygen atoms in total. The summed E-state index contributed by atoms with van der Waals surface area (Å²) >= 11 is 0. The highest BCUT2D eigenvalue weighted by molar-refractivity contribution is 5.94. The van der Waals surface area contributed by atoms with Crippen LogP contribution in [0.5, 0.6) is 0 Å². The first-order chi connectivity index (χ1) is 9.70. The molecule has 0 aliphatic heterocycles. The number of imidazole rings is 1. The SMILES string of the molecule is COC(=O)c1ccc2c(c1)nc(-c1ccccc1)n2C. The third-order valence-corrected chi connectivity index (χ3v) is 3.33. The van der Waals surface area contributed by atoms with Crippen LogP contribution in [0.2, 0.25) is 0 Å². The third kappa shape index (κ3) is 1.95. The van der Waals surface area contributed by atoms with Gasteiger partial charge in [-0.1, -0.05) is 30.3 Å². The lowest BCUT2D eigenvalue weighted by molar-refractivity contribution is 0.0601. The van der Waals surface area contributed by atoms with Gasteiger partial charge in [0.05, 0.1) is 23.7 Å². The van der Waals surface area contributed by atoms with Crippen molar-refractivity contribution in [3.8, 4) is 11.4 Å². The molecule has 0 spiro atoms. The fourth-order valence-electron chi connectivity index (χ4n) is 2.29. The molecule has 1 heterocycles. The lowest BCUT2D eigenvalue weighted by atomic mass is 10.2. The predicted octanol–water partition coefficient (Wildman–Crippen LogP) is 3.03. The number of aromatic nitrogens is 2. The van der Waals surface area contributed by atoms with Crippen LogP contribution in [0.15, 0.2) is 48.5 Å². The van der Waals surface area contributed by atoms with Crippen molar-refractivity contribution in [3.05, 3.63) is 54.1 Å². The van der Waals surface area contributed by atoms with Gasteiger partial charge in [-0.3, -0.25) is 0 Å². The largest absolute Gasteiger partial charge is 0.465 e. The van der Waals surface area contributed by atoms with Gasteiger partial charge in [-0.05, 0) is 18.2 Å². The zero-order chi connectivity index (χ0) is 14.1. The summed E-state index contributed by atoms with van der Waals surface area (Å²) in [5, 5.41) is 0. The molecular weight excluding hydrogens is 252 g/mol. The minimum absolute atomic E-state index is 0.348. The molecule has 0 amide bonds. The van der Waals surface area contributed by atoms with Crippen LogP contribution in [0.1, 0.15) is 10.4 Å². The van der Waals surface area contributed by atoms with Gasteiger partial charge in [0.2, 0.25) is 0 Å². The van der Waals surface area contributed by atoms with Gasteiger partial charge in [-0.25, -0.2) is 9.78 Å². The molecule has 1 aromatic heterocycles. The Morgan fingerprint density at radius 3 is 2.60 bits per heavy atom. The summed E-state index contributed by atoms with van der Waals surface area (Å²) in [6, 6.07) is 15.4. The van der Waals surface area contributed by atoms with Gasteiger partial charge in [0, 0.05) is 12.6 Å². The smallest absolute Gasteiger partial charge is 0.337 e. The second kappa shape index (κ2) is 4.81. The third-order valence-electron chi connectivity index (χ3n) is 3.33. The van der Waals surface area contributed by atoms with Crippen molar-refractivity contribution < 1.29 is 9.53 Å². The number of aryl methyl sites for hydroxylation is 1. The topological polar surface area (TPSA) is 44.1 Å². The maximum atomic E-state index is 11.6. The molecule has 0 radical (unpaired) electrons. The molecule has 3 rings (SSSR count). The first-order valence-corrected chi connectivity index (χ1v) is 6.31. The molecule has 0 aliphatic rings. The summed E-state index contributed by atoms with van der Waals surface area (Å²) in [7, 11) is 3.34. The first kappa shape index (κ1) is 12.4. The standard InChI is InChI=1S/C16H14N2O2/c1-18-14-9-8-12(16(19)20-2)10-13(14)17-15(18)11-6-4-3-5-7-11/h3-10H,1-2H3. The van der Waals surface area contributed by atoms with E-state index in [1.54, 1.807) is 12.1 Å². The van der Waals surface area contributed by atoms with Crippen LogP contribution in [0, 0.1) is 0 Å². The molecule has 0 saturated heterocycles. The van der Waals surface area contributed by atoms with Gasteiger partial charge >= 0.3 is 5.97 Å². The van der Waals surface area contributed by atoms with Crippen LogP contribution < -0.4 is 0 Å². The zero-order valence-electron chi connectivity index (χ0n) is 11.3. The van der Waals surface area contributed by atoms with Crippen LogP contribution in [0.4, 0.5) is 0 Å². The Morgan fingerprint density at radius 2 is 1.90 bits per heavy atom. The molecule has 3 aromatic rings. The molecule has 100 valence electrons. The van der Waals surface area contributed by atoms with Crippen molar-refractivity contribution in [2.24, 2.45) is 7.05 Å². The molecule has 0 N–H and O–H groups in total. The van der Waals surface area contributed by atoms with E-state index in [0.29, 0.717) is 5.56 Å². The van der Waals surface area contributed by atoms with Gasteiger partial charge in [-0.15, -0.1) is 0 Å². The van der Waals surface area contributed by atoms with E-state index in [1.165, 1.54) is 7.11 Å². The van der Waals surface area contributed by atoms with E-state index in [1.807, 2.05) is 48.0 Å². The highest BCUT2D eigenvalue weighted by atomic mass is 16.5. The van der Waals surface area contributed by atoms with Crippen molar-refractivity contribution in [1.29, 1.82) is 0 Å².